The minimum Gasteiger partial charge on any atom is -0.471 e. The van der Waals surface area contributed by atoms with E-state index in [4.69, 9.17) is 22.1 Å². The van der Waals surface area contributed by atoms with Crippen molar-refractivity contribution in [3.63, 3.8) is 0 Å². The zero-order valence-corrected chi connectivity index (χ0v) is 20.5. The minimum absolute atomic E-state index is 0.0439. The summed E-state index contributed by atoms with van der Waals surface area (Å²) in [6.45, 7) is 5.06. The Labute approximate surface area is 209 Å². The molecule has 0 spiro atoms. The Morgan fingerprint density at radius 1 is 1.20 bits per heavy atom. The Kier molecular flexibility index (Phi) is 9.18. The van der Waals surface area contributed by atoms with Crippen LogP contribution < -0.4 is 21.1 Å². The molecule has 1 aromatic carbocycles. The molecule has 1 aliphatic rings. The minimum atomic E-state index is -0.925. The predicted molar refractivity (Wildman–Crippen MR) is 127 cm³/mol. The molecule has 10 nitrogen and oxygen atoms in total. The fraction of sp³-hybridized carbons (Fsp3) is 0.429. The number of aromatic nitrogens is 1. The lowest BCUT2D eigenvalue weighted by molar-refractivity contribution is -0.130. The lowest BCUT2D eigenvalue weighted by atomic mass is 10.2. The molecule has 1 aromatic heterocycles. The number of primary amides is 1. The summed E-state index contributed by atoms with van der Waals surface area (Å²) < 4.78 is 37.2. The van der Waals surface area contributed by atoms with Crippen LogP contribution in [0.4, 0.5) is 18.6 Å². The summed E-state index contributed by atoms with van der Waals surface area (Å²) in [6, 6.07) is 1.30. The van der Waals surface area contributed by atoms with E-state index in [1.807, 2.05) is 0 Å². The van der Waals surface area contributed by atoms with Crippen LogP contribution in [0.1, 0.15) is 29.3 Å². The van der Waals surface area contributed by atoms with Crippen LogP contribution in [0.2, 0.25) is 5.02 Å². The second kappa shape index (κ2) is 12.1. The van der Waals surface area contributed by atoms with Crippen LogP contribution in [0.25, 0.3) is 0 Å². The second-order valence-electron chi connectivity index (χ2n) is 7.77. The number of halogens is 3. The third-order valence-electron chi connectivity index (χ3n) is 5.35. The Hall–Kier alpha value is -3.03. The van der Waals surface area contributed by atoms with E-state index in [9.17, 15) is 23.2 Å². The maximum absolute atomic E-state index is 14.0. The van der Waals surface area contributed by atoms with Crippen molar-refractivity contribution in [2.75, 3.05) is 44.6 Å². The fourth-order valence-electron chi connectivity index (χ4n) is 3.47. The number of anilines is 1. The average molecular weight is 531 g/mol. The highest BCUT2D eigenvalue weighted by Gasteiger charge is 2.23. The molecule has 0 radical (unpaired) electrons. The van der Waals surface area contributed by atoms with Crippen molar-refractivity contribution in [3.05, 3.63) is 39.9 Å². The summed E-state index contributed by atoms with van der Waals surface area (Å²) in [6.07, 6.45) is 0.686. The van der Waals surface area contributed by atoms with E-state index >= 15 is 0 Å². The molecule has 4 amide bonds. The maximum atomic E-state index is 14.0. The molecule has 1 aliphatic heterocycles. The smallest absolute Gasteiger partial charge is 0.319 e. The average Bonchev–Trinajstić information content (AvgIpc) is 3.18. The zero-order chi connectivity index (χ0) is 25.5. The molecule has 0 saturated carbocycles. The molecule has 35 heavy (non-hydrogen) atoms. The van der Waals surface area contributed by atoms with E-state index in [1.54, 1.807) is 11.8 Å². The number of carbonyl (C=O) groups is 3. The molecule has 0 bridgehead atoms. The van der Waals surface area contributed by atoms with Gasteiger partial charge in [-0.25, -0.2) is 13.6 Å². The number of hydrogen-bond acceptors (Lipinski definition) is 7. The number of ether oxygens (including phenoxy) is 1. The quantitative estimate of drug-likeness (QED) is 0.427. The Morgan fingerprint density at radius 3 is 2.46 bits per heavy atom. The molecule has 2 aromatic rings. The van der Waals surface area contributed by atoms with Gasteiger partial charge in [-0.2, -0.15) is 4.37 Å². The Bertz CT molecular complexity index is 1070. The number of nitrogens with two attached hydrogens (primary N) is 1. The standard InChI is InChI=1S/C21H25ClF2N6O4S/c1-12(31)30-7-5-29(6-8-30)4-2-3-26-21(33)27-20-17(18(25)32)19(28-35-20)34-11-14-15(23)9-13(22)10-16(14)24/h9-10H,2-8,11H2,1H3,(H2,25,32)(H2,26,27,33). The van der Waals surface area contributed by atoms with E-state index in [1.165, 1.54) is 0 Å². The number of piperazine rings is 1. The first-order valence-electron chi connectivity index (χ1n) is 10.7. The van der Waals surface area contributed by atoms with Crippen LogP contribution in [-0.2, 0) is 11.4 Å². The van der Waals surface area contributed by atoms with Crippen molar-refractivity contribution in [2.24, 2.45) is 5.73 Å². The molecule has 4 N–H and O–H groups in total. The third-order valence-corrected chi connectivity index (χ3v) is 6.31. The van der Waals surface area contributed by atoms with Gasteiger partial charge in [0.25, 0.3) is 5.91 Å². The lowest BCUT2D eigenvalue weighted by Gasteiger charge is -2.34. The molecule has 190 valence electrons. The van der Waals surface area contributed by atoms with Gasteiger partial charge in [0, 0.05) is 44.7 Å². The first-order valence-corrected chi connectivity index (χ1v) is 11.9. The third kappa shape index (κ3) is 7.23. The number of nitrogens with zero attached hydrogens (tertiary/aromatic N) is 3. The summed E-state index contributed by atoms with van der Waals surface area (Å²) in [7, 11) is 0. The summed E-state index contributed by atoms with van der Waals surface area (Å²) in [5.41, 5.74) is 4.80. The molecular formula is C21H25ClF2N6O4S. The zero-order valence-electron chi connectivity index (χ0n) is 18.9. The molecule has 0 unspecified atom stereocenters. The van der Waals surface area contributed by atoms with Gasteiger partial charge in [0.05, 0.1) is 5.56 Å². The molecule has 0 atom stereocenters. The van der Waals surface area contributed by atoms with E-state index in [2.05, 4.69) is 19.9 Å². The molecule has 0 aliphatic carbocycles. The molecule has 14 heteroatoms. The Morgan fingerprint density at radius 2 is 1.86 bits per heavy atom. The molecule has 2 heterocycles. The summed E-state index contributed by atoms with van der Waals surface area (Å²) in [4.78, 5) is 39.6. The first kappa shape index (κ1) is 26.6. The molecule has 1 saturated heterocycles. The highest BCUT2D eigenvalue weighted by Crippen LogP contribution is 2.31. The van der Waals surface area contributed by atoms with Gasteiger partial charge in [-0.15, -0.1) is 0 Å². The van der Waals surface area contributed by atoms with E-state index in [-0.39, 0.29) is 27.4 Å². The number of hydrogen-bond donors (Lipinski definition) is 3. The SMILES string of the molecule is CC(=O)N1CCN(CCCNC(=O)Nc2snc(OCc3c(F)cc(Cl)cc3F)c2C(N)=O)CC1. The normalized spacial score (nSPS) is 14.0. The van der Waals surface area contributed by atoms with Gasteiger partial charge < -0.3 is 20.7 Å². The maximum Gasteiger partial charge on any atom is 0.319 e. The number of urea groups is 1. The van der Waals surface area contributed by atoms with Crippen LogP contribution in [0.15, 0.2) is 12.1 Å². The summed E-state index contributed by atoms with van der Waals surface area (Å²) in [5, 5.41) is 5.12. The van der Waals surface area contributed by atoms with E-state index in [0.717, 1.165) is 43.3 Å². The topological polar surface area (TPSA) is 130 Å². The second-order valence-corrected chi connectivity index (χ2v) is 8.98. The highest BCUT2D eigenvalue weighted by atomic mass is 35.5. The van der Waals surface area contributed by atoms with Crippen molar-refractivity contribution < 1.29 is 27.9 Å². The fourth-order valence-corrected chi connectivity index (χ4v) is 4.39. The van der Waals surface area contributed by atoms with E-state index < -0.39 is 35.7 Å². The van der Waals surface area contributed by atoms with Gasteiger partial charge in [0.1, 0.15) is 28.8 Å². The molecule has 1 fully saturated rings. The van der Waals surface area contributed by atoms with Gasteiger partial charge in [-0.3, -0.25) is 19.8 Å². The number of amides is 4. The van der Waals surface area contributed by atoms with Gasteiger partial charge >= 0.3 is 6.03 Å². The van der Waals surface area contributed by atoms with Crippen molar-refractivity contribution in [2.45, 2.75) is 20.0 Å². The van der Waals surface area contributed by atoms with Crippen molar-refractivity contribution in [1.82, 2.24) is 19.5 Å². The van der Waals surface area contributed by atoms with Gasteiger partial charge in [0.15, 0.2) is 0 Å². The van der Waals surface area contributed by atoms with Crippen LogP contribution in [-0.4, -0.2) is 71.3 Å². The van der Waals surface area contributed by atoms with Crippen molar-refractivity contribution >= 4 is 46.0 Å². The largest absolute Gasteiger partial charge is 0.471 e. The summed E-state index contributed by atoms with van der Waals surface area (Å²) in [5.74, 6) is -2.94. The van der Waals surface area contributed by atoms with Crippen molar-refractivity contribution in [3.8, 4) is 5.88 Å². The van der Waals surface area contributed by atoms with E-state index in [0.29, 0.717) is 26.1 Å². The van der Waals surface area contributed by atoms with Gasteiger partial charge in [-0.1, -0.05) is 11.6 Å². The monoisotopic (exact) mass is 530 g/mol. The van der Waals surface area contributed by atoms with Crippen molar-refractivity contribution in [1.29, 1.82) is 0 Å². The summed E-state index contributed by atoms with van der Waals surface area (Å²) >= 11 is 6.35. The Balaban J connectivity index is 1.49. The number of carbonyl (C=O) groups excluding carboxylic acids is 3. The van der Waals surface area contributed by atoms with Crippen LogP contribution in [0, 0.1) is 11.6 Å². The number of rotatable bonds is 9. The van der Waals surface area contributed by atoms with Crippen LogP contribution in [0.3, 0.4) is 0 Å². The number of benzene rings is 1. The molecular weight excluding hydrogens is 506 g/mol. The first-order chi connectivity index (χ1) is 16.7. The number of nitrogens with one attached hydrogen (secondary N) is 2. The van der Waals surface area contributed by atoms with Crippen LogP contribution >= 0.6 is 23.1 Å². The van der Waals surface area contributed by atoms with Gasteiger partial charge in [-0.05, 0) is 36.6 Å². The highest BCUT2D eigenvalue weighted by molar-refractivity contribution is 7.11. The lowest BCUT2D eigenvalue weighted by Crippen LogP contribution is -2.48. The van der Waals surface area contributed by atoms with Gasteiger partial charge in [0.2, 0.25) is 11.8 Å². The predicted octanol–water partition coefficient (Wildman–Crippen LogP) is 2.43. The van der Waals surface area contributed by atoms with Crippen LogP contribution in [0.5, 0.6) is 5.88 Å². The molecule has 3 rings (SSSR count).